The van der Waals surface area contributed by atoms with Crippen molar-refractivity contribution in [1.82, 2.24) is 5.32 Å². The van der Waals surface area contributed by atoms with E-state index in [1.165, 1.54) is 0 Å². The van der Waals surface area contributed by atoms with Crippen LogP contribution in [0.4, 0.5) is 8.78 Å². The molecule has 2 N–H and O–H groups in total. The number of hydrogen-bond acceptors (Lipinski definition) is 5. The van der Waals surface area contributed by atoms with Gasteiger partial charge in [0.1, 0.15) is 17.2 Å². The van der Waals surface area contributed by atoms with Crippen molar-refractivity contribution in [1.29, 1.82) is 0 Å². The lowest BCUT2D eigenvalue weighted by Gasteiger charge is -2.09. The number of Topliss-reactive ketones (excluding diaryl/α,β-unsaturated/α-hetero) is 1. The summed E-state index contributed by atoms with van der Waals surface area (Å²) in [6.07, 6.45) is 1.05. The average Bonchev–Trinajstić information content (AvgIpc) is 2.47. The van der Waals surface area contributed by atoms with Crippen molar-refractivity contribution in [3.63, 3.8) is 0 Å². The molecule has 0 saturated heterocycles. The van der Waals surface area contributed by atoms with Crippen LogP contribution >= 0.6 is 22.6 Å². The number of ether oxygens (including phenoxy) is 1. The van der Waals surface area contributed by atoms with E-state index in [9.17, 15) is 18.4 Å². The summed E-state index contributed by atoms with van der Waals surface area (Å²) in [5.74, 6) is -3.73. The third-order valence-electron chi connectivity index (χ3n) is 2.50. The number of aliphatic hydroxyl groups excluding tert-OH is 1. The van der Waals surface area contributed by atoms with Crippen LogP contribution in [0, 0.1) is 15.2 Å². The Morgan fingerprint density at radius 2 is 2.05 bits per heavy atom. The molecule has 0 aromatic heterocycles. The summed E-state index contributed by atoms with van der Waals surface area (Å²) in [7, 11) is 0. The monoisotopic (exact) mass is 425 g/mol. The standard InChI is InChI=1S/C14H14F2INO4/c1-2-22-14(21)9(7-18-3-4-19)13(20)8-5-12(17)11(16)6-10(8)15/h5-7,18-19H,2-4H2,1H3. The summed E-state index contributed by atoms with van der Waals surface area (Å²) in [5, 5.41) is 11.2. The fraction of sp³-hybridized carbons (Fsp3) is 0.286. The van der Waals surface area contributed by atoms with Crippen molar-refractivity contribution in [2.75, 3.05) is 19.8 Å². The highest BCUT2D eigenvalue weighted by Crippen LogP contribution is 2.20. The predicted octanol–water partition coefficient (Wildman–Crippen LogP) is 1.78. The molecule has 1 aromatic rings. The van der Waals surface area contributed by atoms with E-state index in [-0.39, 0.29) is 23.3 Å². The van der Waals surface area contributed by atoms with Crippen LogP contribution in [0.3, 0.4) is 0 Å². The van der Waals surface area contributed by atoms with Gasteiger partial charge in [0.15, 0.2) is 0 Å². The third-order valence-corrected chi connectivity index (χ3v) is 3.32. The molecule has 0 heterocycles. The van der Waals surface area contributed by atoms with Crippen molar-refractivity contribution in [2.24, 2.45) is 0 Å². The molecule has 8 heteroatoms. The molecule has 5 nitrogen and oxygen atoms in total. The molecule has 22 heavy (non-hydrogen) atoms. The first-order valence-electron chi connectivity index (χ1n) is 6.33. The molecule has 0 bridgehead atoms. The van der Waals surface area contributed by atoms with Gasteiger partial charge >= 0.3 is 5.97 Å². The summed E-state index contributed by atoms with van der Waals surface area (Å²) < 4.78 is 31.8. The van der Waals surface area contributed by atoms with Crippen LogP contribution in [-0.4, -0.2) is 36.6 Å². The average molecular weight is 425 g/mol. The smallest absolute Gasteiger partial charge is 0.343 e. The van der Waals surface area contributed by atoms with Crippen molar-refractivity contribution in [2.45, 2.75) is 6.92 Å². The van der Waals surface area contributed by atoms with Gasteiger partial charge in [-0.2, -0.15) is 0 Å². The number of carbonyl (C=O) groups is 2. The molecule has 0 spiro atoms. The molecule has 0 aliphatic carbocycles. The van der Waals surface area contributed by atoms with Crippen LogP contribution in [0.25, 0.3) is 0 Å². The zero-order chi connectivity index (χ0) is 16.7. The summed E-state index contributed by atoms with van der Waals surface area (Å²) in [5.41, 5.74) is -0.868. The Balaban J connectivity index is 3.19. The number of hydrogen-bond donors (Lipinski definition) is 2. The van der Waals surface area contributed by atoms with Crippen LogP contribution in [0.15, 0.2) is 23.9 Å². The maximum Gasteiger partial charge on any atom is 0.343 e. The number of nitrogens with one attached hydrogen (secondary N) is 1. The number of benzene rings is 1. The second-order valence-corrected chi connectivity index (χ2v) is 5.19. The molecule has 120 valence electrons. The Kier molecular flexibility index (Phi) is 7.39. The summed E-state index contributed by atoms with van der Waals surface area (Å²) in [6.45, 7) is 1.47. The molecule has 0 atom stereocenters. The predicted molar refractivity (Wildman–Crippen MR) is 83.2 cm³/mol. The van der Waals surface area contributed by atoms with E-state index in [4.69, 9.17) is 9.84 Å². The van der Waals surface area contributed by atoms with Gasteiger partial charge in [-0.15, -0.1) is 0 Å². The Labute approximate surface area is 139 Å². The third kappa shape index (κ3) is 4.73. The van der Waals surface area contributed by atoms with Gasteiger partial charge in [-0.1, -0.05) is 0 Å². The fourth-order valence-corrected chi connectivity index (χ4v) is 1.97. The van der Waals surface area contributed by atoms with Gasteiger partial charge in [-0.05, 0) is 35.6 Å². The normalized spacial score (nSPS) is 11.2. The number of carbonyl (C=O) groups excluding carboxylic acids is 2. The van der Waals surface area contributed by atoms with Crippen LogP contribution in [-0.2, 0) is 9.53 Å². The second kappa shape index (κ2) is 8.79. The van der Waals surface area contributed by atoms with Gasteiger partial charge in [0.2, 0.25) is 5.78 Å². The largest absolute Gasteiger partial charge is 0.462 e. The highest BCUT2D eigenvalue weighted by molar-refractivity contribution is 14.1. The maximum absolute atomic E-state index is 13.8. The molecule has 0 aliphatic heterocycles. The SMILES string of the molecule is CCOC(=O)C(=CNCCO)C(=O)c1cc(I)c(F)cc1F. The van der Waals surface area contributed by atoms with E-state index in [1.54, 1.807) is 29.5 Å². The minimum absolute atomic E-state index is 0.0346. The number of ketones is 1. The number of aliphatic hydroxyl groups is 1. The second-order valence-electron chi connectivity index (χ2n) is 4.03. The Morgan fingerprint density at radius 3 is 2.64 bits per heavy atom. The lowest BCUT2D eigenvalue weighted by Crippen LogP contribution is -2.22. The minimum atomic E-state index is -1.07. The van der Waals surface area contributed by atoms with Gasteiger partial charge in [-0.3, -0.25) is 4.79 Å². The Bertz CT molecular complexity index is 605. The highest BCUT2D eigenvalue weighted by Gasteiger charge is 2.25. The first-order valence-corrected chi connectivity index (χ1v) is 7.41. The van der Waals surface area contributed by atoms with E-state index in [0.717, 1.165) is 12.3 Å². The van der Waals surface area contributed by atoms with Gasteiger partial charge in [-0.25, -0.2) is 13.6 Å². The van der Waals surface area contributed by atoms with E-state index < -0.39 is 34.5 Å². The van der Waals surface area contributed by atoms with Gasteiger partial charge in [0.25, 0.3) is 0 Å². The maximum atomic E-state index is 13.8. The lowest BCUT2D eigenvalue weighted by atomic mass is 10.0. The number of esters is 1. The Morgan fingerprint density at radius 1 is 1.36 bits per heavy atom. The fourth-order valence-electron chi connectivity index (χ4n) is 1.51. The Hall–Kier alpha value is -1.55. The number of rotatable bonds is 7. The first kappa shape index (κ1) is 18.5. The van der Waals surface area contributed by atoms with Gasteiger partial charge < -0.3 is 15.2 Å². The molecule has 1 rings (SSSR count). The molecule has 0 aliphatic rings. The van der Waals surface area contributed by atoms with Crippen molar-refractivity contribution in [3.05, 3.63) is 44.7 Å². The molecule has 0 radical (unpaired) electrons. The molecule has 0 fully saturated rings. The van der Waals surface area contributed by atoms with E-state index in [0.29, 0.717) is 6.07 Å². The first-order chi connectivity index (χ1) is 10.4. The van der Waals surface area contributed by atoms with E-state index >= 15 is 0 Å². The molecule has 1 aromatic carbocycles. The van der Waals surface area contributed by atoms with Crippen LogP contribution in [0.5, 0.6) is 0 Å². The molecule has 0 saturated carbocycles. The minimum Gasteiger partial charge on any atom is -0.462 e. The topological polar surface area (TPSA) is 75.6 Å². The van der Waals surface area contributed by atoms with Crippen molar-refractivity contribution in [3.8, 4) is 0 Å². The van der Waals surface area contributed by atoms with Crippen LogP contribution in [0.1, 0.15) is 17.3 Å². The molecule has 0 unspecified atom stereocenters. The molecular weight excluding hydrogens is 411 g/mol. The van der Waals surface area contributed by atoms with Crippen molar-refractivity contribution < 1.29 is 28.2 Å². The van der Waals surface area contributed by atoms with Gasteiger partial charge in [0, 0.05) is 22.4 Å². The van der Waals surface area contributed by atoms with Gasteiger partial charge in [0.05, 0.1) is 18.8 Å². The summed E-state index contributed by atoms with van der Waals surface area (Å²) in [4.78, 5) is 24.1. The zero-order valence-electron chi connectivity index (χ0n) is 11.7. The molecular formula is C14H14F2INO4. The highest BCUT2D eigenvalue weighted by atomic mass is 127. The zero-order valence-corrected chi connectivity index (χ0v) is 13.8. The van der Waals surface area contributed by atoms with Crippen LogP contribution < -0.4 is 5.32 Å². The summed E-state index contributed by atoms with van der Waals surface area (Å²) in [6, 6.07) is 1.60. The lowest BCUT2D eigenvalue weighted by molar-refractivity contribution is -0.138. The quantitative estimate of drug-likeness (QED) is 0.102. The molecule has 0 amide bonds. The van der Waals surface area contributed by atoms with Crippen LogP contribution in [0.2, 0.25) is 0 Å². The van der Waals surface area contributed by atoms with E-state index in [1.807, 2.05) is 0 Å². The van der Waals surface area contributed by atoms with Crippen molar-refractivity contribution >= 4 is 34.3 Å². The van der Waals surface area contributed by atoms with E-state index in [2.05, 4.69) is 5.32 Å². The summed E-state index contributed by atoms with van der Waals surface area (Å²) >= 11 is 1.61. The number of halogens is 3.